The number of nitrogens with one attached hydrogen (secondary N) is 2. The monoisotopic (exact) mass is 363 g/mol. The third-order valence-electron chi connectivity index (χ3n) is 3.87. The number of hydrogen-bond donors (Lipinski definition) is 1. The first-order valence-corrected chi connectivity index (χ1v) is 8.98. The Morgan fingerprint density at radius 2 is 2.08 bits per heavy atom. The highest BCUT2D eigenvalue weighted by Crippen LogP contribution is 2.32. The van der Waals surface area contributed by atoms with E-state index in [1.165, 1.54) is 16.7 Å². The number of imidazole rings is 1. The summed E-state index contributed by atoms with van der Waals surface area (Å²) >= 11 is 1.49. The summed E-state index contributed by atoms with van der Waals surface area (Å²) in [6.45, 7) is 5.55. The molecule has 2 atom stereocenters. The lowest BCUT2D eigenvalue weighted by molar-refractivity contribution is -0.396. The summed E-state index contributed by atoms with van der Waals surface area (Å²) in [5.41, 5.74) is 1.27. The Bertz CT molecular complexity index is 766. The van der Waals surface area contributed by atoms with Crippen molar-refractivity contribution in [2.45, 2.75) is 49.2 Å². The molecule has 2 N–H and O–H groups in total. The van der Waals surface area contributed by atoms with Crippen LogP contribution in [-0.2, 0) is 9.53 Å². The Morgan fingerprint density at radius 3 is 2.72 bits per heavy atom. The van der Waals surface area contributed by atoms with Crippen molar-refractivity contribution >= 4 is 34.9 Å². The maximum Gasteiger partial charge on any atom is 0.410 e. The first-order chi connectivity index (χ1) is 11.7. The number of carbonyl (C=O) groups excluding carboxylic acids is 2. The third kappa shape index (κ3) is 4.07. The lowest BCUT2D eigenvalue weighted by atomic mass is 10.2. The summed E-state index contributed by atoms with van der Waals surface area (Å²) in [4.78, 5) is 31.5. The van der Waals surface area contributed by atoms with Crippen LogP contribution in [0.25, 0.3) is 11.0 Å². The van der Waals surface area contributed by atoms with Gasteiger partial charge in [-0.15, -0.1) is 0 Å². The number of H-pyrrole nitrogens is 2. The summed E-state index contributed by atoms with van der Waals surface area (Å²) in [6.07, 6.45) is -0.305. The lowest BCUT2D eigenvalue weighted by Gasteiger charge is -2.28. The van der Waals surface area contributed by atoms with Gasteiger partial charge in [0, 0.05) is 11.8 Å². The van der Waals surface area contributed by atoms with Crippen LogP contribution in [0.2, 0.25) is 0 Å². The third-order valence-corrected chi connectivity index (χ3v) is 4.99. The average Bonchev–Trinajstić information content (AvgIpc) is 3.09. The Balaban J connectivity index is 1.73. The number of carboxylic acid groups (broad SMARTS) is 1. The number of aromatic amines is 2. The summed E-state index contributed by atoms with van der Waals surface area (Å²) < 4.78 is 5.32. The second-order valence-electron chi connectivity index (χ2n) is 7.07. The van der Waals surface area contributed by atoms with Crippen LogP contribution in [0.15, 0.2) is 29.4 Å². The molecular weight excluding hydrogens is 342 g/mol. The van der Waals surface area contributed by atoms with Gasteiger partial charge in [0.15, 0.2) is 11.0 Å². The minimum absolute atomic E-state index is 0.0697. The highest BCUT2D eigenvalue weighted by Gasteiger charge is 2.39. The van der Waals surface area contributed by atoms with E-state index in [-0.39, 0.29) is 5.25 Å². The Morgan fingerprint density at radius 1 is 1.36 bits per heavy atom. The van der Waals surface area contributed by atoms with Crippen molar-refractivity contribution in [3.8, 4) is 0 Å². The topological polar surface area (TPSA) is 99.6 Å². The molecule has 1 amide bonds. The lowest BCUT2D eigenvalue weighted by Crippen LogP contribution is -2.48. The zero-order chi connectivity index (χ0) is 18.2. The molecule has 2 unspecified atom stereocenters. The molecule has 7 nitrogen and oxygen atoms in total. The molecule has 0 spiro atoms. The zero-order valence-electron chi connectivity index (χ0n) is 14.4. The predicted molar refractivity (Wildman–Crippen MR) is 90.9 cm³/mol. The van der Waals surface area contributed by atoms with Crippen LogP contribution >= 0.6 is 11.8 Å². The number of benzene rings is 1. The quantitative estimate of drug-likeness (QED) is 0.883. The largest absolute Gasteiger partial charge is 0.548 e. The van der Waals surface area contributed by atoms with Crippen molar-refractivity contribution < 1.29 is 24.4 Å². The van der Waals surface area contributed by atoms with E-state index in [0.717, 1.165) is 16.2 Å². The van der Waals surface area contributed by atoms with Gasteiger partial charge in [0.05, 0.1) is 12.0 Å². The zero-order valence-corrected chi connectivity index (χ0v) is 15.2. The molecule has 2 heterocycles. The molecule has 0 radical (unpaired) electrons. The molecule has 8 heteroatoms. The number of hydrogen-bond acceptors (Lipinski definition) is 5. The molecule has 0 bridgehead atoms. The predicted octanol–water partition coefficient (Wildman–Crippen LogP) is 1.20. The number of fused-ring (bicyclic) bond motifs is 1. The second kappa shape index (κ2) is 6.59. The standard InChI is InChI=1S/C17H21N3O4S/c1-17(2,3)24-16(23)20-9-10(8-13(20)14(21)22)25-15-18-11-6-4-5-7-12(11)19-15/h4-7,10,13H,8-9H2,1-3H3,(H,18,19)(H,21,22). The van der Waals surface area contributed by atoms with Crippen LogP contribution in [0.5, 0.6) is 0 Å². The molecule has 0 saturated carbocycles. The van der Waals surface area contributed by atoms with E-state index in [1.54, 1.807) is 20.8 Å². The first kappa shape index (κ1) is 17.6. The van der Waals surface area contributed by atoms with E-state index >= 15 is 0 Å². The Labute approximate surface area is 149 Å². The van der Waals surface area contributed by atoms with Gasteiger partial charge in [0.2, 0.25) is 0 Å². The normalized spacial score (nSPS) is 20.8. The van der Waals surface area contributed by atoms with Crippen LogP contribution in [0.3, 0.4) is 0 Å². The van der Waals surface area contributed by atoms with Crippen molar-refractivity contribution in [1.29, 1.82) is 0 Å². The number of nitrogens with zero attached hydrogens (tertiary/aromatic N) is 1. The van der Waals surface area contributed by atoms with Crippen LogP contribution in [-0.4, -0.2) is 45.4 Å². The number of ether oxygens (including phenoxy) is 1. The summed E-state index contributed by atoms with van der Waals surface area (Å²) in [7, 11) is 0. The SMILES string of the molecule is CC(C)(C)OC(=O)N1CC(Sc2[nH]c3ccccc3[nH+]2)CC1C(=O)[O-]. The van der Waals surface area contributed by atoms with Crippen molar-refractivity contribution in [2.75, 3.05) is 6.54 Å². The molecule has 1 aliphatic rings. The molecule has 134 valence electrons. The molecule has 0 aliphatic carbocycles. The first-order valence-electron chi connectivity index (χ1n) is 8.10. The minimum atomic E-state index is -1.26. The maximum atomic E-state index is 12.3. The highest BCUT2D eigenvalue weighted by atomic mass is 32.2. The molecule has 3 rings (SSSR count). The van der Waals surface area contributed by atoms with Gasteiger partial charge in [-0.3, -0.25) is 4.90 Å². The summed E-state index contributed by atoms with van der Waals surface area (Å²) in [5.74, 6) is -1.26. The minimum Gasteiger partial charge on any atom is -0.548 e. The summed E-state index contributed by atoms with van der Waals surface area (Å²) in [6, 6.07) is 6.82. The second-order valence-corrected chi connectivity index (χ2v) is 8.38. The van der Waals surface area contributed by atoms with Gasteiger partial charge in [0.25, 0.3) is 0 Å². The number of thioether (sulfide) groups is 1. The number of carboxylic acids is 1. The van der Waals surface area contributed by atoms with E-state index < -0.39 is 23.7 Å². The fraction of sp³-hybridized carbons (Fsp3) is 0.471. The van der Waals surface area contributed by atoms with Gasteiger partial charge in [-0.1, -0.05) is 12.1 Å². The van der Waals surface area contributed by atoms with E-state index in [9.17, 15) is 14.7 Å². The number of likely N-dealkylation sites (tertiary alicyclic amines) is 1. The maximum absolute atomic E-state index is 12.3. The Hall–Kier alpha value is -2.22. The molecule has 1 fully saturated rings. The van der Waals surface area contributed by atoms with Crippen LogP contribution in [0.4, 0.5) is 4.79 Å². The van der Waals surface area contributed by atoms with Gasteiger partial charge in [-0.25, -0.2) is 14.8 Å². The van der Waals surface area contributed by atoms with Crippen molar-refractivity contribution in [3.63, 3.8) is 0 Å². The van der Waals surface area contributed by atoms with Crippen LogP contribution < -0.4 is 10.1 Å². The number of amides is 1. The van der Waals surface area contributed by atoms with Crippen LogP contribution in [0, 0.1) is 0 Å². The number of para-hydroxylation sites is 2. The fourth-order valence-corrected chi connectivity index (χ4v) is 4.02. The van der Waals surface area contributed by atoms with E-state index in [0.29, 0.717) is 13.0 Å². The fourth-order valence-electron chi connectivity index (χ4n) is 2.83. The Kier molecular flexibility index (Phi) is 4.64. The van der Waals surface area contributed by atoms with Crippen molar-refractivity contribution in [3.05, 3.63) is 24.3 Å². The van der Waals surface area contributed by atoms with Crippen molar-refractivity contribution in [2.24, 2.45) is 0 Å². The number of rotatable bonds is 3. The average molecular weight is 363 g/mol. The molecule has 1 aromatic heterocycles. The van der Waals surface area contributed by atoms with Crippen LogP contribution in [0.1, 0.15) is 27.2 Å². The smallest absolute Gasteiger partial charge is 0.410 e. The van der Waals surface area contributed by atoms with Gasteiger partial charge in [-0.05, 0) is 51.1 Å². The van der Waals surface area contributed by atoms with Gasteiger partial charge < -0.3 is 14.6 Å². The number of aromatic nitrogens is 2. The molecule has 1 saturated heterocycles. The van der Waals surface area contributed by atoms with Crippen molar-refractivity contribution in [1.82, 2.24) is 9.88 Å². The van der Waals surface area contributed by atoms with E-state index in [4.69, 9.17) is 4.74 Å². The number of carbonyl (C=O) groups is 2. The van der Waals surface area contributed by atoms with E-state index in [2.05, 4.69) is 9.97 Å². The molecule has 1 aromatic carbocycles. The molecule has 1 aliphatic heterocycles. The number of aliphatic carboxylic acids is 1. The molecular formula is C17H21N3O4S. The highest BCUT2D eigenvalue weighted by molar-refractivity contribution is 7.99. The molecule has 2 aromatic rings. The van der Waals surface area contributed by atoms with Gasteiger partial charge >= 0.3 is 11.2 Å². The molecule has 25 heavy (non-hydrogen) atoms. The summed E-state index contributed by atoms with van der Waals surface area (Å²) in [5, 5.41) is 12.2. The van der Waals surface area contributed by atoms with Gasteiger partial charge in [0.1, 0.15) is 5.60 Å². The van der Waals surface area contributed by atoms with E-state index in [1.807, 2.05) is 24.3 Å². The van der Waals surface area contributed by atoms with Gasteiger partial charge in [-0.2, -0.15) is 0 Å².